The van der Waals surface area contributed by atoms with Crippen LogP contribution in [0.4, 0.5) is 13.2 Å². The Morgan fingerprint density at radius 2 is 2.17 bits per heavy atom. The first-order valence-electron chi connectivity index (χ1n) is 7.96. The highest BCUT2D eigenvalue weighted by atomic mass is 32.1. The minimum absolute atomic E-state index is 0.107. The molecule has 1 atom stereocenters. The molecule has 8 heteroatoms. The predicted octanol–water partition coefficient (Wildman–Crippen LogP) is 2.67. The van der Waals surface area contributed by atoms with Crippen LogP contribution in [0.15, 0.2) is 11.6 Å². The monoisotopic (exact) mass is 349 g/mol. The number of nitrogens with zero attached hydrogens (tertiary/aromatic N) is 2. The molecule has 1 aromatic heterocycles. The van der Waals surface area contributed by atoms with Crippen molar-refractivity contribution in [3.63, 3.8) is 0 Å². The zero-order valence-electron chi connectivity index (χ0n) is 12.9. The molecule has 1 saturated carbocycles. The summed E-state index contributed by atoms with van der Waals surface area (Å²) in [5, 5.41) is 6.32. The molecule has 4 nitrogen and oxygen atoms in total. The molecule has 130 valence electrons. The lowest BCUT2D eigenvalue weighted by atomic mass is 9.93. The fraction of sp³-hybridized carbons (Fsp3) is 0.800. The van der Waals surface area contributed by atoms with Crippen LogP contribution in [0.2, 0.25) is 0 Å². The number of hydrogen-bond acceptors (Lipinski definition) is 5. The van der Waals surface area contributed by atoms with E-state index in [1.165, 1.54) is 0 Å². The van der Waals surface area contributed by atoms with E-state index >= 15 is 0 Å². The molecule has 0 radical (unpaired) electrons. The molecule has 1 N–H and O–H groups in total. The van der Waals surface area contributed by atoms with E-state index in [9.17, 15) is 13.2 Å². The Bertz CT molecular complexity index is 489. The third-order valence-corrected chi connectivity index (χ3v) is 5.56. The summed E-state index contributed by atoms with van der Waals surface area (Å²) in [6.45, 7) is 2.23. The molecule has 0 aromatic carbocycles. The molecule has 23 heavy (non-hydrogen) atoms. The Morgan fingerprint density at radius 1 is 1.39 bits per heavy atom. The summed E-state index contributed by atoms with van der Waals surface area (Å²) in [7, 11) is 0. The maximum absolute atomic E-state index is 12.2. The maximum atomic E-state index is 12.2. The molecule has 1 aliphatic heterocycles. The average Bonchev–Trinajstić information content (AvgIpc) is 2.95. The molecule has 3 rings (SSSR count). The number of hydrogen-bond donors (Lipinski definition) is 1. The van der Waals surface area contributed by atoms with Crippen LogP contribution in [-0.2, 0) is 11.3 Å². The first-order chi connectivity index (χ1) is 11.0. The Hall–Kier alpha value is -0.700. The second-order valence-electron chi connectivity index (χ2n) is 6.40. The Morgan fingerprint density at radius 3 is 2.83 bits per heavy atom. The molecule has 1 saturated heterocycles. The predicted molar refractivity (Wildman–Crippen MR) is 82.3 cm³/mol. The van der Waals surface area contributed by atoms with Crippen molar-refractivity contribution in [2.24, 2.45) is 5.41 Å². The minimum atomic E-state index is -4.25. The minimum Gasteiger partial charge on any atom is -0.371 e. The third kappa shape index (κ3) is 4.65. The molecule has 2 heterocycles. The van der Waals surface area contributed by atoms with Crippen molar-refractivity contribution >= 4 is 11.3 Å². The maximum Gasteiger partial charge on any atom is 0.411 e. The van der Waals surface area contributed by atoms with Gasteiger partial charge in [0, 0.05) is 24.2 Å². The SMILES string of the molecule is FC(F)(F)COCCN(Cc1nccs1)[C@H]1CC12CCNCC2. The van der Waals surface area contributed by atoms with Crippen molar-refractivity contribution in [2.75, 3.05) is 32.8 Å². The van der Waals surface area contributed by atoms with E-state index in [-0.39, 0.29) is 6.61 Å². The van der Waals surface area contributed by atoms with Crippen molar-refractivity contribution in [3.05, 3.63) is 16.6 Å². The summed E-state index contributed by atoms with van der Waals surface area (Å²) in [4.78, 5) is 6.58. The van der Waals surface area contributed by atoms with E-state index in [4.69, 9.17) is 4.74 Å². The largest absolute Gasteiger partial charge is 0.411 e. The van der Waals surface area contributed by atoms with Crippen molar-refractivity contribution < 1.29 is 17.9 Å². The lowest BCUT2D eigenvalue weighted by Crippen LogP contribution is -2.37. The zero-order valence-corrected chi connectivity index (χ0v) is 13.8. The number of aromatic nitrogens is 1. The topological polar surface area (TPSA) is 37.4 Å². The normalized spacial score (nSPS) is 23.6. The Kier molecular flexibility index (Phi) is 5.25. The number of nitrogens with one attached hydrogen (secondary N) is 1. The first-order valence-corrected chi connectivity index (χ1v) is 8.84. The fourth-order valence-electron chi connectivity index (χ4n) is 3.52. The van der Waals surface area contributed by atoms with Gasteiger partial charge in [-0.2, -0.15) is 13.2 Å². The highest BCUT2D eigenvalue weighted by molar-refractivity contribution is 7.09. The van der Waals surface area contributed by atoms with Gasteiger partial charge in [0.2, 0.25) is 0 Å². The molecular formula is C15H22F3N3OS. The molecule has 2 fully saturated rings. The van der Waals surface area contributed by atoms with Gasteiger partial charge in [-0.25, -0.2) is 4.98 Å². The van der Waals surface area contributed by atoms with Crippen LogP contribution in [0.5, 0.6) is 0 Å². The second-order valence-corrected chi connectivity index (χ2v) is 7.38. The van der Waals surface area contributed by atoms with Crippen LogP contribution < -0.4 is 5.32 Å². The van der Waals surface area contributed by atoms with Crippen LogP contribution in [0.1, 0.15) is 24.3 Å². The van der Waals surface area contributed by atoms with Crippen molar-refractivity contribution in [1.82, 2.24) is 15.2 Å². The number of ether oxygens (including phenoxy) is 1. The summed E-state index contributed by atoms with van der Waals surface area (Å²) >= 11 is 1.59. The molecule has 0 unspecified atom stereocenters. The van der Waals surface area contributed by atoms with E-state index in [0.717, 1.165) is 37.4 Å². The van der Waals surface area contributed by atoms with Crippen molar-refractivity contribution in [3.8, 4) is 0 Å². The molecule has 2 aliphatic rings. The summed E-state index contributed by atoms with van der Waals surface area (Å²) in [5.41, 5.74) is 0.354. The standard InChI is InChI=1S/C15H22F3N3OS/c16-15(17,18)11-22-7-6-21(10-13-20-5-8-23-13)12-9-14(12)1-3-19-4-2-14/h5,8,12,19H,1-4,6-7,9-11H2/t12-/m0/s1. The van der Waals surface area contributed by atoms with Gasteiger partial charge in [0.15, 0.2) is 0 Å². The number of piperidine rings is 1. The van der Waals surface area contributed by atoms with Gasteiger partial charge in [0.1, 0.15) is 11.6 Å². The van der Waals surface area contributed by atoms with Gasteiger partial charge < -0.3 is 10.1 Å². The van der Waals surface area contributed by atoms with Gasteiger partial charge in [-0.15, -0.1) is 11.3 Å². The van der Waals surface area contributed by atoms with E-state index in [2.05, 4.69) is 15.2 Å². The lowest BCUT2D eigenvalue weighted by molar-refractivity contribution is -0.174. The van der Waals surface area contributed by atoms with Gasteiger partial charge in [0.05, 0.1) is 13.2 Å². The molecule has 1 aliphatic carbocycles. The van der Waals surface area contributed by atoms with Gasteiger partial charge in [0.25, 0.3) is 0 Å². The molecule has 1 spiro atoms. The molecule has 0 bridgehead atoms. The van der Waals surface area contributed by atoms with Crippen LogP contribution in [0, 0.1) is 5.41 Å². The third-order valence-electron chi connectivity index (χ3n) is 4.80. The van der Waals surface area contributed by atoms with Crippen LogP contribution >= 0.6 is 11.3 Å². The highest BCUT2D eigenvalue weighted by Crippen LogP contribution is 2.55. The van der Waals surface area contributed by atoms with Crippen LogP contribution in [0.25, 0.3) is 0 Å². The quantitative estimate of drug-likeness (QED) is 0.768. The van der Waals surface area contributed by atoms with E-state index < -0.39 is 12.8 Å². The number of rotatable bonds is 7. The summed E-state index contributed by atoms with van der Waals surface area (Å²) < 4.78 is 41.4. The fourth-order valence-corrected chi connectivity index (χ4v) is 4.17. The summed E-state index contributed by atoms with van der Waals surface area (Å²) in [5.74, 6) is 0. The molecule has 0 amide bonds. The summed E-state index contributed by atoms with van der Waals surface area (Å²) in [6, 6.07) is 0.447. The van der Waals surface area contributed by atoms with E-state index in [1.54, 1.807) is 17.5 Å². The van der Waals surface area contributed by atoms with Crippen molar-refractivity contribution in [2.45, 2.75) is 38.0 Å². The van der Waals surface area contributed by atoms with Gasteiger partial charge in [-0.1, -0.05) is 0 Å². The van der Waals surface area contributed by atoms with E-state index in [1.807, 2.05) is 5.38 Å². The lowest BCUT2D eigenvalue weighted by Gasteiger charge is -2.29. The Labute approximate surface area is 138 Å². The second kappa shape index (κ2) is 7.04. The average molecular weight is 349 g/mol. The first kappa shape index (κ1) is 17.1. The molecule has 1 aromatic rings. The number of halogens is 3. The zero-order chi connectivity index (χ0) is 16.3. The molecular weight excluding hydrogens is 327 g/mol. The van der Waals surface area contributed by atoms with Gasteiger partial charge >= 0.3 is 6.18 Å². The van der Waals surface area contributed by atoms with Gasteiger partial charge in [-0.05, 0) is 37.8 Å². The van der Waals surface area contributed by atoms with Crippen LogP contribution in [-0.4, -0.2) is 55.0 Å². The van der Waals surface area contributed by atoms with Crippen LogP contribution in [0.3, 0.4) is 0 Å². The highest BCUT2D eigenvalue weighted by Gasteiger charge is 2.56. The Balaban J connectivity index is 1.54. The van der Waals surface area contributed by atoms with E-state index in [0.29, 0.717) is 24.5 Å². The smallest absolute Gasteiger partial charge is 0.371 e. The number of alkyl halides is 3. The number of thiazole rings is 1. The summed E-state index contributed by atoms with van der Waals surface area (Å²) in [6.07, 6.45) is 0.950. The van der Waals surface area contributed by atoms with Gasteiger partial charge in [-0.3, -0.25) is 4.90 Å². The van der Waals surface area contributed by atoms with Crippen molar-refractivity contribution in [1.29, 1.82) is 0 Å².